The van der Waals surface area contributed by atoms with E-state index in [0.29, 0.717) is 0 Å². The predicted octanol–water partition coefficient (Wildman–Crippen LogP) is 1.55. The second-order valence-corrected chi connectivity index (χ2v) is 3.60. The van der Waals surface area contributed by atoms with E-state index in [9.17, 15) is 9.59 Å². The van der Waals surface area contributed by atoms with Crippen molar-refractivity contribution in [1.82, 2.24) is 10.6 Å². The number of carbonyl (C=O) groups excluding carboxylic acids is 2. The van der Waals surface area contributed by atoms with Crippen molar-refractivity contribution in [3.63, 3.8) is 0 Å². The predicted molar refractivity (Wildman–Crippen MR) is 63.5 cm³/mol. The third-order valence-electron chi connectivity index (χ3n) is 1.36. The topological polar surface area (TPSA) is 76.7 Å². The highest BCUT2D eigenvalue weighted by Crippen LogP contribution is 1.89. The summed E-state index contributed by atoms with van der Waals surface area (Å²) >= 11 is 0. The van der Waals surface area contributed by atoms with Crippen molar-refractivity contribution in [3.8, 4) is 0 Å². The second-order valence-electron chi connectivity index (χ2n) is 3.60. The Morgan fingerprint density at radius 1 is 0.941 bits per heavy atom. The summed E-state index contributed by atoms with van der Waals surface area (Å²) in [6.07, 6.45) is -1.26. The summed E-state index contributed by atoms with van der Waals surface area (Å²) in [4.78, 5) is 22.0. The summed E-state index contributed by atoms with van der Waals surface area (Å²) in [7, 11) is 0. The van der Waals surface area contributed by atoms with Gasteiger partial charge in [0.15, 0.2) is 0 Å². The largest absolute Gasteiger partial charge is 0.445 e. The summed E-state index contributed by atoms with van der Waals surface area (Å²) < 4.78 is 9.46. The maximum Gasteiger partial charge on any atom is 0.408 e. The van der Waals surface area contributed by atoms with Gasteiger partial charge in [0.2, 0.25) is 0 Å². The van der Waals surface area contributed by atoms with Crippen LogP contribution in [0.15, 0.2) is 24.3 Å². The molecule has 0 aliphatic carbocycles. The van der Waals surface area contributed by atoms with Crippen molar-refractivity contribution < 1.29 is 19.1 Å². The molecule has 96 valence electrons. The van der Waals surface area contributed by atoms with E-state index in [1.165, 1.54) is 0 Å². The fourth-order valence-electron chi connectivity index (χ4n) is 0.668. The van der Waals surface area contributed by atoms with E-state index in [4.69, 9.17) is 9.47 Å². The van der Waals surface area contributed by atoms with E-state index in [-0.39, 0.29) is 19.9 Å². The number of ether oxygens (including phenoxy) is 2. The number of alkyl carbamates (subject to hydrolysis) is 2. The number of hydrogen-bond donors (Lipinski definition) is 2. The first-order valence-corrected chi connectivity index (χ1v) is 5.02. The molecule has 2 N–H and O–H groups in total. The molecule has 6 heteroatoms. The quantitative estimate of drug-likeness (QED) is 0.547. The molecule has 0 aliphatic rings. The third kappa shape index (κ3) is 10.3. The molecule has 0 radical (unpaired) electrons. The summed E-state index contributed by atoms with van der Waals surface area (Å²) in [6, 6.07) is 0. The molecule has 0 fully saturated rings. The van der Waals surface area contributed by atoms with Crippen molar-refractivity contribution in [2.24, 2.45) is 0 Å². The van der Waals surface area contributed by atoms with Crippen LogP contribution in [0.4, 0.5) is 9.59 Å². The molecular weight excluding hydrogens is 224 g/mol. The first-order valence-electron chi connectivity index (χ1n) is 5.02. The Hall–Kier alpha value is -1.98. The summed E-state index contributed by atoms with van der Waals surface area (Å²) in [5, 5.41) is 4.64. The van der Waals surface area contributed by atoms with Gasteiger partial charge in [0.1, 0.15) is 13.2 Å². The molecule has 0 aromatic heterocycles. The summed E-state index contributed by atoms with van der Waals surface area (Å²) in [5.41, 5.74) is 1.46. The van der Waals surface area contributed by atoms with Gasteiger partial charge in [-0.05, 0) is 25.0 Å². The van der Waals surface area contributed by atoms with E-state index in [2.05, 4.69) is 23.8 Å². The highest BCUT2D eigenvalue weighted by Gasteiger charge is 2.03. The van der Waals surface area contributed by atoms with Crippen LogP contribution in [0.2, 0.25) is 0 Å². The van der Waals surface area contributed by atoms with Crippen molar-refractivity contribution in [3.05, 3.63) is 24.3 Å². The lowest BCUT2D eigenvalue weighted by molar-refractivity contribution is 0.147. The molecular formula is C11H18N2O4. The van der Waals surface area contributed by atoms with Crippen LogP contribution in [0.5, 0.6) is 0 Å². The summed E-state index contributed by atoms with van der Waals surface area (Å²) in [5.74, 6) is 0. The van der Waals surface area contributed by atoms with Gasteiger partial charge in [-0.3, -0.25) is 0 Å². The molecule has 0 rings (SSSR count). The van der Waals surface area contributed by atoms with Crippen molar-refractivity contribution >= 4 is 12.2 Å². The van der Waals surface area contributed by atoms with Crippen LogP contribution < -0.4 is 10.6 Å². The van der Waals surface area contributed by atoms with Gasteiger partial charge in [0, 0.05) is 0 Å². The molecule has 0 saturated carbocycles. The lowest BCUT2D eigenvalue weighted by atomic mass is 10.4. The van der Waals surface area contributed by atoms with Crippen molar-refractivity contribution in [2.45, 2.75) is 13.8 Å². The number of nitrogens with one attached hydrogen (secondary N) is 2. The van der Waals surface area contributed by atoms with Crippen LogP contribution in [-0.2, 0) is 9.47 Å². The molecule has 0 aliphatic heterocycles. The van der Waals surface area contributed by atoms with Gasteiger partial charge >= 0.3 is 12.2 Å². The fraction of sp³-hybridized carbons (Fsp3) is 0.455. The van der Waals surface area contributed by atoms with E-state index in [0.717, 1.165) is 11.1 Å². The minimum atomic E-state index is -0.631. The SMILES string of the molecule is C=C(C)COC(=O)NCNC(=O)OCC(=C)C. The average Bonchev–Trinajstić information content (AvgIpc) is 2.23. The molecule has 0 spiro atoms. The Morgan fingerprint density at radius 2 is 1.29 bits per heavy atom. The molecule has 0 heterocycles. The molecule has 0 bridgehead atoms. The van der Waals surface area contributed by atoms with Gasteiger partial charge < -0.3 is 20.1 Å². The maximum atomic E-state index is 11.0. The Kier molecular flexibility index (Phi) is 7.25. The smallest absolute Gasteiger partial charge is 0.408 e. The normalized spacial score (nSPS) is 9.06. The fourth-order valence-corrected chi connectivity index (χ4v) is 0.668. The van der Waals surface area contributed by atoms with Crippen LogP contribution in [0.3, 0.4) is 0 Å². The highest BCUT2D eigenvalue weighted by atomic mass is 16.6. The molecule has 0 aromatic carbocycles. The van der Waals surface area contributed by atoms with Crippen LogP contribution in [-0.4, -0.2) is 32.1 Å². The molecule has 0 unspecified atom stereocenters. The van der Waals surface area contributed by atoms with Gasteiger partial charge in [-0.25, -0.2) is 9.59 Å². The Bertz CT molecular complexity index is 283. The van der Waals surface area contributed by atoms with Crippen LogP contribution in [0.1, 0.15) is 13.8 Å². The molecule has 2 amide bonds. The molecule has 17 heavy (non-hydrogen) atoms. The summed E-state index contributed by atoms with van der Waals surface area (Å²) in [6.45, 7) is 10.8. The minimum Gasteiger partial charge on any atom is -0.445 e. The molecule has 0 saturated heterocycles. The Balaban J connectivity index is 3.55. The van der Waals surface area contributed by atoms with Crippen molar-refractivity contribution in [1.29, 1.82) is 0 Å². The Morgan fingerprint density at radius 3 is 1.59 bits per heavy atom. The van der Waals surface area contributed by atoms with Gasteiger partial charge in [0.25, 0.3) is 0 Å². The highest BCUT2D eigenvalue weighted by molar-refractivity contribution is 5.70. The third-order valence-corrected chi connectivity index (χ3v) is 1.36. The van der Waals surface area contributed by atoms with Gasteiger partial charge in [-0.15, -0.1) is 0 Å². The molecule has 0 atom stereocenters. The van der Waals surface area contributed by atoms with E-state index < -0.39 is 12.2 Å². The number of hydrogen-bond acceptors (Lipinski definition) is 4. The molecule has 0 aromatic rings. The zero-order chi connectivity index (χ0) is 13.3. The zero-order valence-electron chi connectivity index (χ0n) is 10.2. The zero-order valence-corrected chi connectivity index (χ0v) is 10.2. The number of rotatable bonds is 6. The Labute approximate surface area is 101 Å². The van der Waals surface area contributed by atoms with Crippen LogP contribution in [0, 0.1) is 0 Å². The van der Waals surface area contributed by atoms with E-state index in [1.54, 1.807) is 13.8 Å². The number of amides is 2. The van der Waals surface area contributed by atoms with Crippen molar-refractivity contribution in [2.75, 3.05) is 19.9 Å². The standard InChI is InChI=1S/C11H18N2O4/c1-8(2)5-16-10(14)12-7-13-11(15)17-6-9(3)4/h1,3,5-7H2,2,4H3,(H,12,14)(H,13,15). The van der Waals surface area contributed by atoms with Gasteiger partial charge in [0.05, 0.1) is 6.67 Å². The monoisotopic (exact) mass is 242 g/mol. The second kappa shape index (κ2) is 8.20. The van der Waals surface area contributed by atoms with Crippen LogP contribution >= 0.6 is 0 Å². The first kappa shape index (κ1) is 15.0. The van der Waals surface area contributed by atoms with Gasteiger partial charge in [-0.1, -0.05) is 13.2 Å². The lowest BCUT2D eigenvalue weighted by Gasteiger charge is -2.08. The number of carbonyl (C=O) groups is 2. The van der Waals surface area contributed by atoms with Gasteiger partial charge in [-0.2, -0.15) is 0 Å². The first-order chi connectivity index (χ1) is 7.91. The molecule has 6 nitrogen and oxygen atoms in total. The maximum absolute atomic E-state index is 11.0. The lowest BCUT2D eigenvalue weighted by Crippen LogP contribution is -2.38. The van der Waals surface area contributed by atoms with Crippen LogP contribution in [0.25, 0.3) is 0 Å². The van der Waals surface area contributed by atoms with E-state index >= 15 is 0 Å². The van der Waals surface area contributed by atoms with E-state index in [1.807, 2.05) is 0 Å². The average molecular weight is 242 g/mol. The minimum absolute atomic E-state index is 0.0654.